The fraction of sp³-hybridized carbons (Fsp3) is 0.100. The number of hydrogen-bond donors (Lipinski definition) is 2. The third kappa shape index (κ3) is 1.72. The highest BCUT2D eigenvalue weighted by molar-refractivity contribution is 5.91. The maximum absolute atomic E-state index is 10.8. The zero-order valence-corrected chi connectivity index (χ0v) is 8.58. The predicted octanol–water partition coefficient (Wildman–Crippen LogP) is 0.856. The molecular weight excluding hydrogens is 208 g/mol. The second-order valence-corrected chi connectivity index (χ2v) is 3.37. The van der Waals surface area contributed by atoms with Crippen molar-refractivity contribution in [2.45, 2.75) is 6.92 Å². The van der Waals surface area contributed by atoms with Crippen LogP contribution >= 0.6 is 0 Å². The van der Waals surface area contributed by atoms with Crippen LogP contribution in [0.2, 0.25) is 0 Å². The minimum absolute atomic E-state index is 0.121. The Morgan fingerprint density at radius 1 is 1.56 bits per heavy atom. The number of carboxylic acids is 1. The van der Waals surface area contributed by atoms with Crippen molar-refractivity contribution in [1.82, 2.24) is 14.8 Å². The average Bonchev–Trinajstić information content (AvgIpc) is 2.60. The molecule has 0 spiro atoms. The van der Waals surface area contributed by atoms with Crippen molar-refractivity contribution in [3.63, 3.8) is 0 Å². The van der Waals surface area contributed by atoms with Gasteiger partial charge in [-0.3, -0.25) is 0 Å². The Morgan fingerprint density at radius 3 is 2.88 bits per heavy atom. The van der Waals surface area contributed by atoms with Crippen LogP contribution in [0, 0.1) is 6.92 Å². The summed E-state index contributed by atoms with van der Waals surface area (Å²) in [4.78, 5) is 14.8. The fourth-order valence-corrected chi connectivity index (χ4v) is 1.32. The van der Waals surface area contributed by atoms with Crippen LogP contribution in [0.4, 0.5) is 5.69 Å². The van der Waals surface area contributed by atoms with Crippen LogP contribution < -0.4 is 5.73 Å². The molecule has 0 aliphatic heterocycles. The Labute approximate surface area is 91.3 Å². The van der Waals surface area contributed by atoms with E-state index in [4.69, 9.17) is 10.8 Å². The lowest BCUT2D eigenvalue weighted by Gasteiger charge is -1.99. The van der Waals surface area contributed by atoms with E-state index in [9.17, 15) is 4.79 Å². The number of hydrogen-bond acceptors (Lipinski definition) is 4. The standard InChI is InChI=1S/C10H10N4O2/c1-6-2-3-12-8(4-6)14-5-7(11)9(13-14)10(15)16/h2-5H,11H2,1H3,(H,15,16). The Morgan fingerprint density at radius 2 is 2.31 bits per heavy atom. The number of nitrogens with two attached hydrogens (primary N) is 1. The summed E-state index contributed by atoms with van der Waals surface area (Å²) in [5, 5.41) is 12.7. The van der Waals surface area contributed by atoms with E-state index in [-0.39, 0.29) is 11.4 Å². The largest absolute Gasteiger partial charge is 0.476 e. The van der Waals surface area contributed by atoms with E-state index in [0.717, 1.165) is 5.56 Å². The van der Waals surface area contributed by atoms with E-state index in [0.29, 0.717) is 5.82 Å². The number of carboxylic acid groups (broad SMARTS) is 1. The molecule has 82 valence electrons. The number of nitrogens with zero attached hydrogens (tertiary/aromatic N) is 3. The van der Waals surface area contributed by atoms with Crippen LogP contribution in [0.15, 0.2) is 24.5 Å². The molecule has 0 amide bonds. The van der Waals surface area contributed by atoms with Crippen molar-refractivity contribution in [2.75, 3.05) is 5.73 Å². The lowest BCUT2D eigenvalue weighted by molar-refractivity contribution is 0.0691. The van der Waals surface area contributed by atoms with Gasteiger partial charge in [0.25, 0.3) is 0 Å². The molecule has 0 fully saturated rings. The molecule has 2 rings (SSSR count). The topological polar surface area (TPSA) is 94.0 Å². The summed E-state index contributed by atoms with van der Waals surface area (Å²) in [6.45, 7) is 1.91. The molecule has 16 heavy (non-hydrogen) atoms. The predicted molar refractivity (Wildman–Crippen MR) is 57.5 cm³/mol. The van der Waals surface area contributed by atoms with Crippen molar-refractivity contribution >= 4 is 11.7 Å². The second-order valence-electron chi connectivity index (χ2n) is 3.37. The van der Waals surface area contributed by atoms with Gasteiger partial charge >= 0.3 is 5.97 Å². The average molecular weight is 218 g/mol. The maximum Gasteiger partial charge on any atom is 0.358 e. The molecular formula is C10H10N4O2. The monoisotopic (exact) mass is 218 g/mol. The van der Waals surface area contributed by atoms with E-state index in [1.54, 1.807) is 12.3 Å². The molecule has 0 saturated heterocycles. The summed E-state index contributed by atoms with van der Waals surface area (Å²) in [6.07, 6.45) is 3.06. The summed E-state index contributed by atoms with van der Waals surface area (Å²) >= 11 is 0. The lowest BCUT2D eigenvalue weighted by Crippen LogP contribution is -2.03. The van der Waals surface area contributed by atoms with Crippen molar-refractivity contribution in [1.29, 1.82) is 0 Å². The molecule has 3 N–H and O–H groups in total. The van der Waals surface area contributed by atoms with Gasteiger partial charge in [0, 0.05) is 6.20 Å². The zero-order chi connectivity index (χ0) is 11.7. The number of aromatic nitrogens is 3. The van der Waals surface area contributed by atoms with Gasteiger partial charge in [0.2, 0.25) is 0 Å². The van der Waals surface area contributed by atoms with Gasteiger partial charge in [0.1, 0.15) is 0 Å². The van der Waals surface area contributed by atoms with Gasteiger partial charge in [-0.2, -0.15) is 5.10 Å². The quantitative estimate of drug-likeness (QED) is 0.779. The third-order valence-electron chi connectivity index (χ3n) is 2.08. The van der Waals surface area contributed by atoms with Gasteiger partial charge in [-0.15, -0.1) is 0 Å². The molecule has 0 bridgehead atoms. The molecule has 0 aliphatic carbocycles. The van der Waals surface area contributed by atoms with Crippen LogP contribution in [0.25, 0.3) is 5.82 Å². The number of carbonyl (C=O) groups is 1. The summed E-state index contributed by atoms with van der Waals surface area (Å²) < 4.78 is 1.35. The molecule has 6 nitrogen and oxygen atoms in total. The highest BCUT2D eigenvalue weighted by Gasteiger charge is 2.14. The van der Waals surface area contributed by atoms with Crippen LogP contribution in [0.3, 0.4) is 0 Å². The molecule has 0 aliphatic rings. The highest BCUT2D eigenvalue weighted by Crippen LogP contribution is 2.13. The molecule has 2 heterocycles. The van der Waals surface area contributed by atoms with Gasteiger partial charge < -0.3 is 10.8 Å². The summed E-state index contributed by atoms with van der Waals surface area (Å²) in [7, 11) is 0. The minimum atomic E-state index is -1.15. The van der Waals surface area contributed by atoms with E-state index >= 15 is 0 Å². The van der Waals surface area contributed by atoms with Crippen LogP contribution in [-0.4, -0.2) is 25.8 Å². The Hall–Kier alpha value is -2.37. The Kier molecular flexibility index (Phi) is 2.32. The Balaban J connectivity index is 2.49. The number of rotatable bonds is 2. The van der Waals surface area contributed by atoms with Gasteiger partial charge in [-0.25, -0.2) is 14.5 Å². The molecule has 6 heteroatoms. The SMILES string of the molecule is Cc1ccnc(-n2cc(N)c(C(=O)O)n2)c1. The van der Waals surface area contributed by atoms with E-state index in [2.05, 4.69) is 10.1 Å². The molecule has 0 atom stereocenters. The summed E-state index contributed by atoms with van der Waals surface area (Å²) in [5.74, 6) is -0.608. The minimum Gasteiger partial charge on any atom is -0.476 e. The first-order chi connectivity index (χ1) is 7.58. The number of nitrogen functional groups attached to an aromatic ring is 1. The molecule has 0 saturated carbocycles. The van der Waals surface area contributed by atoms with Gasteiger partial charge in [-0.1, -0.05) is 0 Å². The van der Waals surface area contributed by atoms with Crippen LogP contribution in [0.1, 0.15) is 16.1 Å². The number of aromatic carboxylic acids is 1. The molecule has 0 aromatic carbocycles. The molecule has 2 aromatic heterocycles. The van der Waals surface area contributed by atoms with Crippen molar-refractivity contribution < 1.29 is 9.90 Å². The number of aryl methyl sites for hydroxylation is 1. The van der Waals surface area contributed by atoms with Gasteiger partial charge in [-0.05, 0) is 24.6 Å². The molecule has 2 aromatic rings. The first-order valence-corrected chi connectivity index (χ1v) is 4.59. The van der Waals surface area contributed by atoms with Crippen molar-refractivity contribution in [2.24, 2.45) is 0 Å². The smallest absolute Gasteiger partial charge is 0.358 e. The first kappa shape index (κ1) is 10.2. The summed E-state index contributed by atoms with van der Waals surface area (Å²) in [6, 6.07) is 3.63. The summed E-state index contributed by atoms with van der Waals surface area (Å²) in [5.41, 5.74) is 6.49. The molecule has 0 radical (unpaired) electrons. The lowest BCUT2D eigenvalue weighted by atomic mass is 10.3. The third-order valence-corrected chi connectivity index (χ3v) is 2.08. The van der Waals surface area contributed by atoms with Crippen molar-refractivity contribution in [3.8, 4) is 5.82 Å². The highest BCUT2D eigenvalue weighted by atomic mass is 16.4. The van der Waals surface area contributed by atoms with Crippen LogP contribution in [0.5, 0.6) is 0 Å². The maximum atomic E-state index is 10.8. The Bertz CT molecular complexity index is 548. The van der Waals surface area contributed by atoms with Crippen molar-refractivity contribution in [3.05, 3.63) is 35.8 Å². The first-order valence-electron chi connectivity index (χ1n) is 4.59. The normalized spacial score (nSPS) is 10.3. The van der Waals surface area contributed by atoms with Gasteiger partial charge in [0.15, 0.2) is 11.5 Å². The molecule has 0 unspecified atom stereocenters. The van der Waals surface area contributed by atoms with E-state index in [1.807, 2.05) is 13.0 Å². The number of anilines is 1. The fourth-order valence-electron chi connectivity index (χ4n) is 1.32. The van der Waals surface area contributed by atoms with Gasteiger partial charge in [0.05, 0.1) is 11.9 Å². The van der Waals surface area contributed by atoms with Crippen LogP contribution in [-0.2, 0) is 0 Å². The van der Waals surface area contributed by atoms with E-state index < -0.39 is 5.97 Å². The number of pyridine rings is 1. The second kappa shape index (κ2) is 3.65. The van der Waals surface area contributed by atoms with E-state index in [1.165, 1.54) is 10.9 Å². The zero-order valence-electron chi connectivity index (χ0n) is 8.58.